The standard InChI is InChI=1S/C12H13NO4/c14-11(9-4-5-17-7-9)13-10-3-1-2-8(6-10)12(15)16/h1-3,6,9H,4-5,7H2,(H,13,14)(H,15,16). The third kappa shape index (κ3) is 2.82. The number of rotatable bonds is 3. The molecule has 1 amide bonds. The summed E-state index contributed by atoms with van der Waals surface area (Å²) in [5.74, 6) is -1.26. The molecular weight excluding hydrogens is 222 g/mol. The highest BCUT2D eigenvalue weighted by Gasteiger charge is 2.23. The fraction of sp³-hybridized carbons (Fsp3) is 0.333. The van der Waals surface area contributed by atoms with Crippen molar-refractivity contribution in [1.29, 1.82) is 0 Å². The van der Waals surface area contributed by atoms with Crippen LogP contribution in [0.5, 0.6) is 0 Å². The van der Waals surface area contributed by atoms with Crippen molar-refractivity contribution >= 4 is 17.6 Å². The van der Waals surface area contributed by atoms with Gasteiger partial charge in [0.2, 0.25) is 5.91 Å². The SMILES string of the molecule is O=C(O)c1cccc(NC(=O)C2CCOC2)c1. The van der Waals surface area contributed by atoms with E-state index in [1.165, 1.54) is 12.1 Å². The maximum atomic E-state index is 11.8. The third-order valence-corrected chi connectivity index (χ3v) is 2.68. The minimum atomic E-state index is -1.01. The average Bonchev–Trinajstić information content (AvgIpc) is 2.82. The van der Waals surface area contributed by atoms with Gasteiger partial charge in [-0.2, -0.15) is 0 Å². The van der Waals surface area contributed by atoms with Crippen molar-refractivity contribution in [3.05, 3.63) is 29.8 Å². The molecule has 17 heavy (non-hydrogen) atoms. The molecule has 5 heteroatoms. The summed E-state index contributed by atoms with van der Waals surface area (Å²) >= 11 is 0. The number of benzene rings is 1. The number of carboxylic acid groups (broad SMARTS) is 1. The molecule has 0 bridgehead atoms. The van der Waals surface area contributed by atoms with E-state index in [2.05, 4.69) is 5.32 Å². The molecule has 0 aliphatic carbocycles. The first-order valence-corrected chi connectivity index (χ1v) is 5.39. The number of amides is 1. The number of aromatic carboxylic acids is 1. The molecule has 0 spiro atoms. The highest BCUT2D eigenvalue weighted by Crippen LogP contribution is 2.16. The van der Waals surface area contributed by atoms with Gasteiger partial charge in [-0.05, 0) is 24.6 Å². The fourth-order valence-electron chi connectivity index (χ4n) is 1.72. The lowest BCUT2D eigenvalue weighted by atomic mass is 10.1. The van der Waals surface area contributed by atoms with Crippen molar-refractivity contribution in [2.75, 3.05) is 18.5 Å². The maximum Gasteiger partial charge on any atom is 0.335 e. The Bertz CT molecular complexity index is 438. The van der Waals surface area contributed by atoms with E-state index in [1.54, 1.807) is 12.1 Å². The Balaban J connectivity index is 2.05. The van der Waals surface area contributed by atoms with Crippen LogP contribution in [0.3, 0.4) is 0 Å². The Morgan fingerprint density at radius 3 is 2.88 bits per heavy atom. The molecule has 2 rings (SSSR count). The number of hydrogen-bond donors (Lipinski definition) is 2. The number of nitrogens with one attached hydrogen (secondary N) is 1. The molecule has 1 atom stereocenters. The lowest BCUT2D eigenvalue weighted by Gasteiger charge is -2.09. The van der Waals surface area contributed by atoms with Crippen LogP contribution in [0.25, 0.3) is 0 Å². The molecule has 1 fully saturated rings. The Morgan fingerprint density at radius 1 is 1.41 bits per heavy atom. The van der Waals surface area contributed by atoms with Gasteiger partial charge in [0, 0.05) is 12.3 Å². The summed E-state index contributed by atoms with van der Waals surface area (Å²) in [5.41, 5.74) is 0.660. The molecule has 1 unspecified atom stereocenters. The van der Waals surface area contributed by atoms with E-state index >= 15 is 0 Å². The van der Waals surface area contributed by atoms with Crippen LogP contribution in [0.15, 0.2) is 24.3 Å². The monoisotopic (exact) mass is 235 g/mol. The third-order valence-electron chi connectivity index (χ3n) is 2.68. The van der Waals surface area contributed by atoms with Crippen LogP contribution in [0.4, 0.5) is 5.69 Å². The molecule has 0 aromatic heterocycles. The molecule has 90 valence electrons. The predicted octanol–water partition coefficient (Wildman–Crippen LogP) is 1.36. The number of ether oxygens (including phenoxy) is 1. The number of carboxylic acids is 1. The Hall–Kier alpha value is -1.88. The van der Waals surface area contributed by atoms with Crippen molar-refractivity contribution in [3.8, 4) is 0 Å². The van der Waals surface area contributed by atoms with E-state index < -0.39 is 5.97 Å². The molecule has 0 saturated carbocycles. The maximum absolute atomic E-state index is 11.8. The molecule has 5 nitrogen and oxygen atoms in total. The van der Waals surface area contributed by atoms with Gasteiger partial charge in [0.05, 0.1) is 18.1 Å². The van der Waals surface area contributed by atoms with E-state index in [0.29, 0.717) is 25.3 Å². The first-order chi connectivity index (χ1) is 8.16. The van der Waals surface area contributed by atoms with Gasteiger partial charge in [-0.3, -0.25) is 4.79 Å². The highest BCUT2D eigenvalue weighted by atomic mass is 16.5. The van der Waals surface area contributed by atoms with Crippen LogP contribution in [-0.4, -0.2) is 30.2 Å². The van der Waals surface area contributed by atoms with Gasteiger partial charge < -0.3 is 15.2 Å². The quantitative estimate of drug-likeness (QED) is 0.829. The van der Waals surface area contributed by atoms with E-state index in [0.717, 1.165) is 0 Å². The van der Waals surface area contributed by atoms with Crippen molar-refractivity contribution in [3.63, 3.8) is 0 Å². The molecule has 1 heterocycles. The normalized spacial score (nSPS) is 18.9. The highest BCUT2D eigenvalue weighted by molar-refractivity contribution is 5.95. The summed E-state index contributed by atoms with van der Waals surface area (Å²) in [6.07, 6.45) is 0.713. The zero-order valence-corrected chi connectivity index (χ0v) is 9.18. The minimum absolute atomic E-state index is 0.120. The van der Waals surface area contributed by atoms with Crippen LogP contribution < -0.4 is 5.32 Å². The van der Waals surface area contributed by atoms with Crippen LogP contribution in [-0.2, 0) is 9.53 Å². The van der Waals surface area contributed by atoms with Gasteiger partial charge >= 0.3 is 5.97 Å². The number of carbonyl (C=O) groups is 2. The fourth-order valence-corrected chi connectivity index (χ4v) is 1.72. The Kier molecular flexibility index (Phi) is 3.39. The molecule has 1 saturated heterocycles. The van der Waals surface area contributed by atoms with Gasteiger partial charge in [0.15, 0.2) is 0 Å². The molecule has 1 aromatic carbocycles. The van der Waals surface area contributed by atoms with Gasteiger partial charge in [-0.1, -0.05) is 6.07 Å². The lowest BCUT2D eigenvalue weighted by Crippen LogP contribution is -2.22. The summed E-state index contributed by atoms with van der Waals surface area (Å²) in [7, 11) is 0. The molecule has 1 aliphatic heterocycles. The predicted molar refractivity (Wildman–Crippen MR) is 61.0 cm³/mol. The van der Waals surface area contributed by atoms with Crippen LogP contribution in [0.1, 0.15) is 16.8 Å². The Labute approximate surface area is 98.4 Å². The largest absolute Gasteiger partial charge is 0.478 e. The second-order valence-electron chi connectivity index (χ2n) is 3.94. The van der Waals surface area contributed by atoms with Crippen LogP contribution >= 0.6 is 0 Å². The molecule has 1 aliphatic rings. The summed E-state index contributed by atoms with van der Waals surface area (Å²) in [6.45, 7) is 1.04. The zero-order valence-electron chi connectivity index (χ0n) is 9.18. The second kappa shape index (κ2) is 4.97. The van der Waals surface area contributed by atoms with Gasteiger partial charge in [-0.25, -0.2) is 4.79 Å². The summed E-state index contributed by atoms with van der Waals surface area (Å²) < 4.78 is 5.12. The minimum Gasteiger partial charge on any atom is -0.478 e. The van der Waals surface area contributed by atoms with Crippen molar-refractivity contribution in [2.45, 2.75) is 6.42 Å². The average molecular weight is 235 g/mol. The molecule has 0 radical (unpaired) electrons. The summed E-state index contributed by atoms with van der Waals surface area (Å²) in [6, 6.07) is 6.19. The van der Waals surface area contributed by atoms with E-state index in [-0.39, 0.29) is 17.4 Å². The smallest absolute Gasteiger partial charge is 0.335 e. The van der Waals surface area contributed by atoms with Gasteiger partial charge in [-0.15, -0.1) is 0 Å². The second-order valence-corrected chi connectivity index (χ2v) is 3.94. The van der Waals surface area contributed by atoms with E-state index in [4.69, 9.17) is 9.84 Å². The first kappa shape index (κ1) is 11.6. The zero-order chi connectivity index (χ0) is 12.3. The van der Waals surface area contributed by atoms with E-state index in [1.807, 2.05) is 0 Å². The van der Waals surface area contributed by atoms with Crippen molar-refractivity contribution < 1.29 is 19.4 Å². The lowest BCUT2D eigenvalue weighted by molar-refractivity contribution is -0.119. The molecule has 2 N–H and O–H groups in total. The Morgan fingerprint density at radius 2 is 2.24 bits per heavy atom. The van der Waals surface area contributed by atoms with Crippen LogP contribution in [0, 0.1) is 5.92 Å². The number of carbonyl (C=O) groups excluding carboxylic acids is 1. The van der Waals surface area contributed by atoms with Crippen molar-refractivity contribution in [1.82, 2.24) is 0 Å². The van der Waals surface area contributed by atoms with E-state index in [9.17, 15) is 9.59 Å². The number of hydrogen-bond acceptors (Lipinski definition) is 3. The number of anilines is 1. The van der Waals surface area contributed by atoms with Gasteiger partial charge in [0.25, 0.3) is 0 Å². The first-order valence-electron chi connectivity index (χ1n) is 5.39. The topological polar surface area (TPSA) is 75.6 Å². The summed E-state index contributed by atoms with van der Waals surface area (Å²) in [5, 5.41) is 11.5. The molecule has 1 aromatic rings. The van der Waals surface area contributed by atoms with Gasteiger partial charge in [0.1, 0.15) is 0 Å². The summed E-state index contributed by atoms with van der Waals surface area (Å²) in [4.78, 5) is 22.5. The van der Waals surface area contributed by atoms with Crippen LogP contribution in [0.2, 0.25) is 0 Å². The molecular formula is C12H13NO4. The van der Waals surface area contributed by atoms with Crippen molar-refractivity contribution in [2.24, 2.45) is 5.92 Å².